The summed E-state index contributed by atoms with van der Waals surface area (Å²) in [7, 11) is 0. The standard InChI is InChI=1S/C13H22O5/c14-7-11-13(10(15)8-17-11)18-12(16)6-9-4-2-1-3-5-9/h9-11,13-15H,1-8H2. The maximum absolute atomic E-state index is 11.8. The minimum absolute atomic E-state index is 0.118. The molecule has 2 rings (SSSR count). The van der Waals surface area contributed by atoms with E-state index in [0.29, 0.717) is 12.3 Å². The first kappa shape index (κ1) is 13.8. The predicted octanol–water partition coefficient (Wildman–Crippen LogP) is 0.621. The normalized spacial score (nSPS) is 33.6. The Morgan fingerprint density at radius 3 is 2.67 bits per heavy atom. The number of hydrogen-bond donors (Lipinski definition) is 2. The highest BCUT2D eigenvalue weighted by atomic mass is 16.6. The van der Waals surface area contributed by atoms with Crippen molar-refractivity contribution in [1.29, 1.82) is 0 Å². The highest BCUT2D eigenvalue weighted by molar-refractivity contribution is 5.70. The Labute approximate surface area is 107 Å². The van der Waals surface area contributed by atoms with Crippen LogP contribution in [0.25, 0.3) is 0 Å². The lowest BCUT2D eigenvalue weighted by atomic mass is 9.87. The molecule has 1 heterocycles. The van der Waals surface area contributed by atoms with Crippen LogP contribution < -0.4 is 0 Å². The Hall–Kier alpha value is -0.650. The number of esters is 1. The minimum atomic E-state index is -0.822. The summed E-state index contributed by atoms with van der Waals surface area (Å²) < 4.78 is 10.4. The van der Waals surface area contributed by atoms with Crippen LogP contribution in [0.4, 0.5) is 0 Å². The molecule has 0 aromatic heterocycles. The first-order valence-electron chi connectivity index (χ1n) is 6.80. The van der Waals surface area contributed by atoms with Crippen molar-refractivity contribution in [3.63, 3.8) is 0 Å². The van der Waals surface area contributed by atoms with Crippen LogP contribution in [0, 0.1) is 5.92 Å². The molecule has 2 N–H and O–H groups in total. The SMILES string of the molecule is O=C(CC1CCCCC1)OC1C(O)COC1CO. The number of carbonyl (C=O) groups is 1. The molecule has 3 unspecified atom stereocenters. The van der Waals surface area contributed by atoms with Crippen LogP contribution in [0.3, 0.4) is 0 Å². The summed E-state index contributed by atoms with van der Waals surface area (Å²) in [6.07, 6.45) is 4.09. The molecule has 1 aliphatic carbocycles. The monoisotopic (exact) mass is 258 g/mol. The van der Waals surface area contributed by atoms with Gasteiger partial charge in [0, 0.05) is 6.42 Å². The zero-order valence-electron chi connectivity index (χ0n) is 10.6. The average molecular weight is 258 g/mol. The van der Waals surface area contributed by atoms with Gasteiger partial charge in [-0.05, 0) is 18.8 Å². The summed E-state index contributed by atoms with van der Waals surface area (Å²) in [6, 6.07) is 0. The number of ether oxygens (including phenoxy) is 2. The average Bonchev–Trinajstić information content (AvgIpc) is 2.72. The van der Waals surface area contributed by atoms with Crippen molar-refractivity contribution in [1.82, 2.24) is 0 Å². The zero-order chi connectivity index (χ0) is 13.0. The zero-order valence-corrected chi connectivity index (χ0v) is 10.6. The number of carbonyl (C=O) groups excluding carboxylic acids is 1. The van der Waals surface area contributed by atoms with Crippen LogP contribution >= 0.6 is 0 Å². The van der Waals surface area contributed by atoms with Crippen molar-refractivity contribution >= 4 is 5.97 Å². The van der Waals surface area contributed by atoms with E-state index in [-0.39, 0.29) is 19.2 Å². The van der Waals surface area contributed by atoms with Gasteiger partial charge >= 0.3 is 5.97 Å². The third kappa shape index (κ3) is 3.43. The summed E-state index contributed by atoms with van der Waals surface area (Å²) in [5, 5.41) is 18.7. The highest BCUT2D eigenvalue weighted by Gasteiger charge is 2.39. The van der Waals surface area contributed by atoms with E-state index in [1.807, 2.05) is 0 Å². The second kappa shape index (κ2) is 6.50. The summed E-state index contributed by atoms with van der Waals surface area (Å²) >= 11 is 0. The van der Waals surface area contributed by atoms with E-state index in [2.05, 4.69) is 0 Å². The van der Waals surface area contributed by atoms with Gasteiger partial charge in [-0.3, -0.25) is 4.79 Å². The molecule has 0 aromatic carbocycles. The maximum Gasteiger partial charge on any atom is 0.306 e. The summed E-state index contributed by atoms with van der Waals surface area (Å²) in [4.78, 5) is 11.8. The minimum Gasteiger partial charge on any atom is -0.457 e. The molecule has 3 atom stereocenters. The van der Waals surface area contributed by atoms with Gasteiger partial charge < -0.3 is 19.7 Å². The van der Waals surface area contributed by atoms with Gasteiger partial charge in [0.05, 0.1) is 13.2 Å². The lowest BCUT2D eigenvalue weighted by Gasteiger charge is -2.23. The lowest BCUT2D eigenvalue weighted by molar-refractivity contribution is -0.158. The molecule has 1 saturated heterocycles. The number of hydrogen-bond acceptors (Lipinski definition) is 5. The van der Waals surface area contributed by atoms with E-state index in [9.17, 15) is 9.90 Å². The predicted molar refractivity (Wildman–Crippen MR) is 63.9 cm³/mol. The Morgan fingerprint density at radius 2 is 2.00 bits per heavy atom. The van der Waals surface area contributed by atoms with Crippen LogP contribution in [0.2, 0.25) is 0 Å². The van der Waals surface area contributed by atoms with Gasteiger partial charge in [0.15, 0.2) is 6.10 Å². The molecule has 104 valence electrons. The summed E-state index contributed by atoms with van der Waals surface area (Å²) in [5.74, 6) is 0.133. The van der Waals surface area contributed by atoms with E-state index >= 15 is 0 Å². The maximum atomic E-state index is 11.8. The van der Waals surface area contributed by atoms with Gasteiger partial charge in [-0.2, -0.15) is 0 Å². The molecule has 1 saturated carbocycles. The first-order chi connectivity index (χ1) is 8.70. The second-order valence-electron chi connectivity index (χ2n) is 5.28. The van der Waals surface area contributed by atoms with Crippen LogP contribution in [0.15, 0.2) is 0 Å². The molecule has 5 heteroatoms. The molecule has 0 bridgehead atoms. The van der Waals surface area contributed by atoms with Crippen LogP contribution in [0.1, 0.15) is 38.5 Å². The molecule has 1 aliphatic heterocycles. The number of rotatable bonds is 4. The van der Waals surface area contributed by atoms with Gasteiger partial charge in [0.2, 0.25) is 0 Å². The van der Waals surface area contributed by atoms with Crippen molar-refractivity contribution in [2.45, 2.75) is 56.8 Å². The van der Waals surface area contributed by atoms with Gasteiger partial charge in [-0.15, -0.1) is 0 Å². The molecule has 0 radical (unpaired) electrons. The summed E-state index contributed by atoms with van der Waals surface area (Å²) in [5.41, 5.74) is 0. The van der Waals surface area contributed by atoms with Crippen LogP contribution in [-0.4, -0.2) is 47.7 Å². The Balaban J connectivity index is 1.78. The molecule has 0 spiro atoms. The van der Waals surface area contributed by atoms with E-state index in [1.54, 1.807) is 0 Å². The Bertz CT molecular complexity index is 275. The molecular weight excluding hydrogens is 236 g/mol. The molecule has 0 aromatic rings. The van der Waals surface area contributed by atoms with Gasteiger partial charge in [0.1, 0.15) is 12.2 Å². The van der Waals surface area contributed by atoms with Crippen molar-refractivity contribution in [3.05, 3.63) is 0 Å². The van der Waals surface area contributed by atoms with E-state index in [0.717, 1.165) is 12.8 Å². The quantitative estimate of drug-likeness (QED) is 0.723. The Morgan fingerprint density at radius 1 is 1.28 bits per heavy atom. The molecule has 2 fully saturated rings. The van der Waals surface area contributed by atoms with E-state index < -0.39 is 18.3 Å². The second-order valence-corrected chi connectivity index (χ2v) is 5.28. The smallest absolute Gasteiger partial charge is 0.306 e. The number of aliphatic hydroxyl groups excluding tert-OH is 2. The lowest BCUT2D eigenvalue weighted by Crippen LogP contribution is -2.37. The van der Waals surface area contributed by atoms with Crippen molar-refractivity contribution in [2.75, 3.05) is 13.2 Å². The Kier molecular flexibility index (Phi) is 4.97. The van der Waals surface area contributed by atoms with Gasteiger partial charge in [0.25, 0.3) is 0 Å². The van der Waals surface area contributed by atoms with Crippen LogP contribution in [0.5, 0.6) is 0 Å². The van der Waals surface area contributed by atoms with E-state index in [4.69, 9.17) is 14.6 Å². The van der Waals surface area contributed by atoms with Crippen molar-refractivity contribution < 1.29 is 24.5 Å². The van der Waals surface area contributed by atoms with Crippen molar-refractivity contribution in [3.8, 4) is 0 Å². The molecule has 18 heavy (non-hydrogen) atoms. The summed E-state index contributed by atoms with van der Waals surface area (Å²) in [6.45, 7) is -0.120. The molecule has 0 amide bonds. The topological polar surface area (TPSA) is 76.0 Å². The fraction of sp³-hybridized carbons (Fsp3) is 0.923. The fourth-order valence-corrected chi connectivity index (χ4v) is 2.80. The highest BCUT2D eigenvalue weighted by Crippen LogP contribution is 2.27. The molecule has 2 aliphatic rings. The first-order valence-corrected chi connectivity index (χ1v) is 6.80. The van der Waals surface area contributed by atoms with Gasteiger partial charge in [-0.1, -0.05) is 19.3 Å². The fourth-order valence-electron chi connectivity index (χ4n) is 2.80. The van der Waals surface area contributed by atoms with E-state index in [1.165, 1.54) is 19.3 Å². The third-order valence-electron chi connectivity index (χ3n) is 3.85. The third-order valence-corrected chi connectivity index (χ3v) is 3.85. The van der Waals surface area contributed by atoms with Gasteiger partial charge in [-0.25, -0.2) is 0 Å². The number of aliphatic hydroxyl groups is 2. The molecule has 5 nitrogen and oxygen atoms in total. The largest absolute Gasteiger partial charge is 0.457 e. The van der Waals surface area contributed by atoms with Crippen molar-refractivity contribution in [2.24, 2.45) is 5.92 Å². The van der Waals surface area contributed by atoms with Crippen LogP contribution in [-0.2, 0) is 14.3 Å². The molecular formula is C13H22O5.